The molecule has 4 atom stereocenters. The average Bonchev–Trinajstić information content (AvgIpc) is 3.18. The smallest absolute Gasteiger partial charge is 0.324 e. The van der Waals surface area contributed by atoms with Crippen molar-refractivity contribution in [2.45, 2.75) is 31.8 Å². The molecule has 2 aromatic rings. The molecule has 0 radical (unpaired) electrons. The highest BCUT2D eigenvalue weighted by molar-refractivity contribution is 9.10. The molecular weight excluding hydrogens is 464 g/mol. The molecule has 162 valence electrons. The fourth-order valence-electron chi connectivity index (χ4n) is 4.99. The SMILES string of the molecule is CC(C)C[C@]1(C(=O)O)N[C@H](c2cc(Br)ccc2O)[C@@H]2C(=O)N(c3ccccc3)C(=O)[C@H]21. The van der Waals surface area contributed by atoms with Gasteiger partial charge in [0.2, 0.25) is 11.8 Å². The molecule has 4 rings (SSSR count). The highest BCUT2D eigenvalue weighted by Gasteiger charge is 2.68. The first kappa shape index (κ1) is 21.5. The van der Waals surface area contributed by atoms with Gasteiger partial charge in [-0.3, -0.25) is 19.7 Å². The summed E-state index contributed by atoms with van der Waals surface area (Å²) in [4.78, 5) is 40.8. The van der Waals surface area contributed by atoms with Crippen molar-refractivity contribution in [3.8, 4) is 5.75 Å². The van der Waals surface area contributed by atoms with Crippen molar-refractivity contribution in [3.63, 3.8) is 0 Å². The second-order valence-electron chi connectivity index (χ2n) is 8.55. The first-order valence-electron chi connectivity index (χ1n) is 10.1. The molecule has 2 heterocycles. The van der Waals surface area contributed by atoms with Gasteiger partial charge in [-0.15, -0.1) is 0 Å². The van der Waals surface area contributed by atoms with Gasteiger partial charge in [-0.1, -0.05) is 48.0 Å². The molecule has 0 saturated carbocycles. The molecule has 0 aromatic heterocycles. The molecule has 2 aromatic carbocycles. The van der Waals surface area contributed by atoms with Gasteiger partial charge in [0.1, 0.15) is 11.3 Å². The Morgan fingerprint density at radius 2 is 1.84 bits per heavy atom. The van der Waals surface area contributed by atoms with Gasteiger partial charge < -0.3 is 10.2 Å². The zero-order valence-corrected chi connectivity index (χ0v) is 18.7. The second kappa shape index (κ2) is 7.76. The van der Waals surface area contributed by atoms with Gasteiger partial charge in [-0.05, 0) is 42.7 Å². The number of carbonyl (C=O) groups excluding carboxylic acids is 2. The third-order valence-corrected chi connectivity index (χ3v) is 6.60. The van der Waals surface area contributed by atoms with E-state index >= 15 is 0 Å². The van der Waals surface area contributed by atoms with Gasteiger partial charge in [-0.2, -0.15) is 0 Å². The zero-order valence-electron chi connectivity index (χ0n) is 17.1. The molecule has 2 saturated heterocycles. The number of benzene rings is 2. The van der Waals surface area contributed by atoms with Crippen molar-refractivity contribution in [3.05, 3.63) is 58.6 Å². The van der Waals surface area contributed by atoms with E-state index in [1.807, 2.05) is 13.8 Å². The van der Waals surface area contributed by atoms with E-state index in [0.717, 1.165) is 4.90 Å². The fourth-order valence-corrected chi connectivity index (χ4v) is 5.37. The number of carbonyl (C=O) groups is 3. The van der Waals surface area contributed by atoms with Gasteiger partial charge in [0, 0.05) is 16.1 Å². The summed E-state index contributed by atoms with van der Waals surface area (Å²) in [5.74, 6) is -4.34. The van der Waals surface area contributed by atoms with E-state index in [1.165, 1.54) is 6.07 Å². The van der Waals surface area contributed by atoms with Crippen LogP contribution in [-0.4, -0.2) is 33.5 Å². The number of phenolic OH excluding ortho intramolecular Hbond substituents is 1. The number of rotatable bonds is 5. The number of halogens is 1. The number of fused-ring (bicyclic) bond motifs is 1. The Hall–Kier alpha value is -2.71. The summed E-state index contributed by atoms with van der Waals surface area (Å²) in [6.07, 6.45) is 0.163. The third kappa shape index (κ3) is 3.34. The predicted molar refractivity (Wildman–Crippen MR) is 117 cm³/mol. The lowest BCUT2D eigenvalue weighted by molar-refractivity contribution is -0.149. The summed E-state index contributed by atoms with van der Waals surface area (Å²) in [6, 6.07) is 12.5. The molecule has 2 fully saturated rings. The van der Waals surface area contributed by atoms with Gasteiger partial charge in [0.05, 0.1) is 17.5 Å². The fraction of sp³-hybridized carbons (Fsp3) is 0.348. The van der Waals surface area contributed by atoms with Crippen molar-refractivity contribution in [1.82, 2.24) is 5.32 Å². The minimum absolute atomic E-state index is 0.0483. The van der Waals surface area contributed by atoms with Crippen molar-refractivity contribution in [2.24, 2.45) is 17.8 Å². The van der Waals surface area contributed by atoms with E-state index < -0.39 is 41.2 Å². The topological polar surface area (TPSA) is 107 Å². The third-order valence-electron chi connectivity index (χ3n) is 6.11. The highest BCUT2D eigenvalue weighted by atomic mass is 79.9. The summed E-state index contributed by atoms with van der Waals surface area (Å²) in [5, 5.41) is 23.9. The number of carboxylic acids is 1. The van der Waals surface area contributed by atoms with E-state index in [1.54, 1.807) is 42.5 Å². The van der Waals surface area contributed by atoms with Crippen LogP contribution in [0.4, 0.5) is 5.69 Å². The molecule has 2 aliphatic rings. The summed E-state index contributed by atoms with van der Waals surface area (Å²) in [5.41, 5.74) is -0.839. The van der Waals surface area contributed by atoms with Crippen LogP contribution in [0.25, 0.3) is 0 Å². The minimum Gasteiger partial charge on any atom is -0.508 e. The number of aliphatic carboxylic acids is 1. The van der Waals surface area contributed by atoms with Crippen molar-refractivity contribution in [2.75, 3.05) is 4.90 Å². The normalized spacial score (nSPS) is 27.7. The number of amides is 2. The Bertz CT molecular complexity index is 1060. The summed E-state index contributed by atoms with van der Waals surface area (Å²) in [7, 11) is 0. The van der Waals surface area contributed by atoms with E-state index in [0.29, 0.717) is 15.7 Å². The molecule has 2 amide bonds. The van der Waals surface area contributed by atoms with Crippen LogP contribution in [0, 0.1) is 17.8 Å². The van der Waals surface area contributed by atoms with Gasteiger partial charge in [-0.25, -0.2) is 4.90 Å². The number of nitrogens with one attached hydrogen (secondary N) is 1. The van der Waals surface area contributed by atoms with Crippen LogP contribution in [0.1, 0.15) is 31.9 Å². The Labute approximate surface area is 188 Å². The number of carboxylic acid groups (broad SMARTS) is 1. The van der Waals surface area contributed by atoms with Crippen molar-refractivity contribution in [1.29, 1.82) is 0 Å². The van der Waals surface area contributed by atoms with E-state index in [9.17, 15) is 24.6 Å². The van der Waals surface area contributed by atoms with Crippen LogP contribution in [0.2, 0.25) is 0 Å². The quantitative estimate of drug-likeness (QED) is 0.558. The van der Waals surface area contributed by atoms with E-state index in [4.69, 9.17) is 0 Å². The van der Waals surface area contributed by atoms with Crippen LogP contribution >= 0.6 is 15.9 Å². The van der Waals surface area contributed by atoms with Gasteiger partial charge in [0.25, 0.3) is 0 Å². The first-order valence-corrected chi connectivity index (χ1v) is 10.9. The number of nitrogens with zero attached hydrogens (tertiary/aromatic N) is 1. The summed E-state index contributed by atoms with van der Waals surface area (Å²) in [6.45, 7) is 3.75. The number of phenols is 1. The van der Waals surface area contributed by atoms with Crippen LogP contribution in [0.5, 0.6) is 5.75 Å². The summed E-state index contributed by atoms with van der Waals surface area (Å²) >= 11 is 3.37. The number of para-hydroxylation sites is 1. The van der Waals surface area contributed by atoms with Crippen LogP contribution < -0.4 is 10.2 Å². The molecular formula is C23H23BrN2O5. The minimum atomic E-state index is -1.63. The standard InChI is InChI=1S/C23H23BrN2O5/c1-12(2)11-23(22(30)31)18-17(19(25-23)15-10-13(24)8-9-16(15)27)20(28)26(21(18)29)14-6-4-3-5-7-14/h3-10,12,17-19,25,27H,11H2,1-2H3,(H,30,31)/t17-,18+,19-,23+/m1/s1. The predicted octanol–water partition coefficient (Wildman–Crippen LogP) is 3.47. The Morgan fingerprint density at radius 3 is 2.45 bits per heavy atom. The number of hydrogen-bond donors (Lipinski definition) is 3. The molecule has 7 nitrogen and oxygen atoms in total. The van der Waals surface area contributed by atoms with E-state index in [-0.39, 0.29) is 18.1 Å². The number of aromatic hydroxyl groups is 1. The Morgan fingerprint density at radius 1 is 1.16 bits per heavy atom. The molecule has 31 heavy (non-hydrogen) atoms. The van der Waals surface area contributed by atoms with Crippen molar-refractivity contribution < 1.29 is 24.6 Å². The Balaban J connectivity index is 1.90. The average molecular weight is 487 g/mol. The molecule has 0 bridgehead atoms. The van der Waals surface area contributed by atoms with Crippen LogP contribution in [0.15, 0.2) is 53.0 Å². The lowest BCUT2D eigenvalue weighted by Crippen LogP contribution is -2.56. The maximum atomic E-state index is 13.6. The Kier molecular flexibility index (Phi) is 5.39. The maximum Gasteiger partial charge on any atom is 0.324 e. The van der Waals surface area contributed by atoms with Crippen molar-refractivity contribution >= 4 is 39.4 Å². The monoisotopic (exact) mass is 486 g/mol. The molecule has 0 unspecified atom stereocenters. The highest BCUT2D eigenvalue weighted by Crippen LogP contribution is 2.53. The largest absolute Gasteiger partial charge is 0.508 e. The first-order chi connectivity index (χ1) is 14.7. The number of anilines is 1. The number of imide groups is 1. The molecule has 2 aliphatic heterocycles. The summed E-state index contributed by atoms with van der Waals surface area (Å²) < 4.78 is 0.673. The molecule has 8 heteroatoms. The van der Waals surface area contributed by atoms with E-state index in [2.05, 4.69) is 21.2 Å². The van der Waals surface area contributed by atoms with Crippen LogP contribution in [-0.2, 0) is 14.4 Å². The zero-order chi connectivity index (χ0) is 22.5. The van der Waals surface area contributed by atoms with Gasteiger partial charge in [0.15, 0.2) is 0 Å². The molecule has 0 spiro atoms. The lowest BCUT2D eigenvalue weighted by Gasteiger charge is -2.32. The van der Waals surface area contributed by atoms with Crippen LogP contribution in [0.3, 0.4) is 0 Å². The molecule has 3 N–H and O–H groups in total. The van der Waals surface area contributed by atoms with Gasteiger partial charge >= 0.3 is 5.97 Å². The maximum absolute atomic E-state index is 13.6. The molecule has 0 aliphatic carbocycles. The number of hydrogen-bond acceptors (Lipinski definition) is 5. The second-order valence-corrected chi connectivity index (χ2v) is 9.47. The lowest BCUT2D eigenvalue weighted by atomic mass is 9.75.